The molecule has 146 valence electrons. The predicted molar refractivity (Wildman–Crippen MR) is 106 cm³/mol. The van der Waals surface area contributed by atoms with Crippen LogP contribution in [0.2, 0.25) is 5.02 Å². The summed E-state index contributed by atoms with van der Waals surface area (Å²) in [5, 5.41) is 13.4. The van der Waals surface area contributed by atoms with Crippen molar-refractivity contribution in [3.8, 4) is 11.1 Å². The Morgan fingerprint density at radius 1 is 1.18 bits per heavy atom. The quantitative estimate of drug-likeness (QED) is 0.824. The number of nitrogens with zero attached hydrogens (tertiary/aromatic N) is 1. The fourth-order valence-corrected chi connectivity index (χ4v) is 4.22. The summed E-state index contributed by atoms with van der Waals surface area (Å²) in [5.74, 6) is -0.397. The zero-order chi connectivity index (χ0) is 19.8. The molecular weight excluding hydrogens is 380 g/mol. The molecule has 2 aliphatic heterocycles. The summed E-state index contributed by atoms with van der Waals surface area (Å²) in [5.41, 5.74) is 3.33. The van der Waals surface area contributed by atoms with Crippen LogP contribution in [0.25, 0.3) is 11.1 Å². The van der Waals surface area contributed by atoms with E-state index < -0.39 is 6.23 Å². The van der Waals surface area contributed by atoms with Gasteiger partial charge in [0.2, 0.25) is 5.91 Å². The number of cyclic esters (lactones) is 1. The Kier molecular flexibility index (Phi) is 5.00. The number of piperidine rings is 1. The topological polar surface area (TPSA) is 78.9 Å². The van der Waals surface area contributed by atoms with Gasteiger partial charge in [-0.1, -0.05) is 41.9 Å². The van der Waals surface area contributed by atoms with Crippen LogP contribution in [0.1, 0.15) is 31.2 Å². The van der Waals surface area contributed by atoms with Crippen LogP contribution in [0.5, 0.6) is 0 Å². The minimum Gasteiger partial charge on any atom is -0.447 e. The van der Waals surface area contributed by atoms with Crippen molar-refractivity contribution < 1.29 is 19.4 Å². The van der Waals surface area contributed by atoms with E-state index in [1.807, 2.05) is 49.4 Å². The normalized spacial score (nSPS) is 24.8. The van der Waals surface area contributed by atoms with E-state index in [0.29, 0.717) is 24.5 Å². The van der Waals surface area contributed by atoms with Crippen LogP contribution >= 0.6 is 11.6 Å². The summed E-state index contributed by atoms with van der Waals surface area (Å²) in [4.78, 5) is 25.0. The van der Waals surface area contributed by atoms with Gasteiger partial charge in [-0.15, -0.1) is 0 Å². The van der Waals surface area contributed by atoms with Gasteiger partial charge in [0.25, 0.3) is 0 Å². The van der Waals surface area contributed by atoms with Gasteiger partial charge in [0.15, 0.2) is 0 Å². The fourth-order valence-electron chi connectivity index (χ4n) is 3.84. The van der Waals surface area contributed by atoms with Crippen molar-refractivity contribution >= 4 is 29.3 Å². The predicted octanol–water partition coefficient (Wildman–Crippen LogP) is 3.66. The molecule has 0 radical (unpaired) electrons. The number of ether oxygens (including phenoxy) is 1. The monoisotopic (exact) mass is 400 g/mol. The molecule has 3 atom stereocenters. The Morgan fingerprint density at radius 2 is 1.93 bits per heavy atom. The number of anilines is 1. The van der Waals surface area contributed by atoms with Crippen molar-refractivity contribution in [2.45, 2.75) is 38.0 Å². The number of rotatable bonds is 3. The van der Waals surface area contributed by atoms with Crippen LogP contribution in [-0.4, -0.2) is 36.0 Å². The molecule has 7 heteroatoms. The molecule has 2 saturated heterocycles. The standard InChI is InChI=1S/C21H21ClN2O4/c1-12-11-28-21(27)24(12)14-7-5-13(6-8-14)15-3-2-4-16(19(15)22)17-9-10-18(25)23-20(17)26/h2-8,12,17,20,26H,9-11H2,1H3,(H,23,25)/t12-,17?,20?/m0/s1. The lowest BCUT2D eigenvalue weighted by Gasteiger charge is -2.29. The van der Waals surface area contributed by atoms with E-state index >= 15 is 0 Å². The highest BCUT2D eigenvalue weighted by molar-refractivity contribution is 6.34. The fraction of sp³-hybridized carbons (Fsp3) is 0.333. The third-order valence-electron chi connectivity index (χ3n) is 5.34. The number of aliphatic hydroxyl groups is 1. The number of carbonyl (C=O) groups is 2. The Bertz CT molecular complexity index is 915. The van der Waals surface area contributed by atoms with Gasteiger partial charge in [0, 0.05) is 23.6 Å². The summed E-state index contributed by atoms with van der Waals surface area (Å²) < 4.78 is 5.08. The van der Waals surface area contributed by atoms with Gasteiger partial charge in [0.1, 0.15) is 12.8 Å². The van der Waals surface area contributed by atoms with Crippen molar-refractivity contribution in [1.29, 1.82) is 0 Å². The molecule has 28 heavy (non-hydrogen) atoms. The molecule has 0 saturated carbocycles. The molecule has 2 fully saturated rings. The molecule has 0 aromatic heterocycles. The van der Waals surface area contributed by atoms with E-state index in [-0.39, 0.29) is 24.0 Å². The van der Waals surface area contributed by atoms with Crippen molar-refractivity contribution in [3.05, 3.63) is 53.1 Å². The van der Waals surface area contributed by atoms with Crippen molar-refractivity contribution in [3.63, 3.8) is 0 Å². The van der Waals surface area contributed by atoms with Gasteiger partial charge in [0.05, 0.1) is 11.1 Å². The zero-order valence-corrected chi connectivity index (χ0v) is 16.1. The molecule has 0 aliphatic carbocycles. The molecule has 6 nitrogen and oxygen atoms in total. The number of nitrogens with one attached hydrogen (secondary N) is 1. The second-order valence-corrected chi connectivity index (χ2v) is 7.59. The Labute approximate surface area is 168 Å². The molecule has 2 heterocycles. The van der Waals surface area contributed by atoms with Crippen LogP contribution < -0.4 is 10.2 Å². The van der Waals surface area contributed by atoms with Gasteiger partial charge in [-0.05, 0) is 36.6 Å². The molecule has 4 rings (SSSR count). The number of hydrogen-bond acceptors (Lipinski definition) is 4. The van der Waals surface area contributed by atoms with Crippen LogP contribution in [0.4, 0.5) is 10.5 Å². The van der Waals surface area contributed by atoms with E-state index in [1.54, 1.807) is 4.90 Å². The SMILES string of the molecule is C[C@H]1COC(=O)N1c1ccc(-c2cccc(C3CCC(=O)NC3O)c2Cl)cc1. The van der Waals surface area contributed by atoms with Crippen molar-refractivity contribution in [2.75, 3.05) is 11.5 Å². The van der Waals surface area contributed by atoms with Crippen LogP contribution in [0.15, 0.2) is 42.5 Å². The third-order valence-corrected chi connectivity index (χ3v) is 5.76. The summed E-state index contributed by atoms with van der Waals surface area (Å²) in [6.45, 7) is 2.32. The summed E-state index contributed by atoms with van der Waals surface area (Å²) in [6, 6.07) is 13.3. The van der Waals surface area contributed by atoms with Gasteiger partial charge in [-0.2, -0.15) is 0 Å². The maximum absolute atomic E-state index is 11.9. The third kappa shape index (κ3) is 3.34. The first-order valence-electron chi connectivity index (χ1n) is 9.28. The molecule has 2 aromatic rings. The Morgan fingerprint density at radius 3 is 2.57 bits per heavy atom. The largest absolute Gasteiger partial charge is 0.447 e. The smallest absolute Gasteiger partial charge is 0.414 e. The number of hydrogen-bond donors (Lipinski definition) is 2. The van der Waals surface area contributed by atoms with Gasteiger partial charge < -0.3 is 15.2 Å². The molecule has 2 N–H and O–H groups in total. The van der Waals surface area contributed by atoms with E-state index in [2.05, 4.69) is 5.32 Å². The average Bonchev–Trinajstić information content (AvgIpc) is 3.01. The summed E-state index contributed by atoms with van der Waals surface area (Å²) in [7, 11) is 0. The zero-order valence-electron chi connectivity index (χ0n) is 15.4. The molecular formula is C21H21ClN2O4. The second kappa shape index (κ2) is 7.45. The number of amides is 2. The average molecular weight is 401 g/mol. The molecule has 2 amide bonds. The Hall–Kier alpha value is -2.57. The van der Waals surface area contributed by atoms with E-state index in [0.717, 1.165) is 22.4 Å². The molecule has 2 aromatic carbocycles. The first-order valence-corrected chi connectivity index (χ1v) is 9.66. The summed E-state index contributed by atoms with van der Waals surface area (Å²) >= 11 is 6.68. The molecule has 0 spiro atoms. The minimum atomic E-state index is -0.945. The first-order chi connectivity index (χ1) is 13.5. The maximum Gasteiger partial charge on any atom is 0.414 e. The molecule has 2 unspecified atom stereocenters. The lowest BCUT2D eigenvalue weighted by molar-refractivity contribution is -0.127. The highest BCUT2D eigenvalue weighted by Gasteiger charge is 2.31. The van der Waals surface area contributed by atoms with Gasteiger partial charge in [-0.3, -0.25) is 9.69 Å². The van der Waals surface area contributed by atoms with Crippen LogP contribution in [0, 0.1) is 0 Å². The maximum atomic E-state index is 11.9. The number of halogens is 1. The van der Waals surface area contributed by atoms with Crippen LogP contribution in [0.3, 0.4) is 0 Å². The van der Waals surface area contributed by atoms with Gasteiger partial charge in [-0.25, -0.2) is 4.79 Å². The second-order valence-electron chi connectivity index (χ2n) is 7.21. The molecule has 0 bridgehead atoms. The van der Waals surface area contributed by atoms with Crippen molar-refractivity contribution in [1.82, 2.24) is 5.32 Å². The van der Waals surface area contributed by atoms with E-state index in [9.17, 15) is 14.7 Å². The summed E-state index contributed by atoms with van der Waals surface area (Å²) in [6.07, 6.45) is -0.377. The van der Waals surface area contributed by atoms with Gasteiger partial charge >= 0.3 is 6.09 Å². The lowest BCUT2D eigenvalue weighted by atomic mass is 9.88. The molecule has 2 aliphatic rings. The number of benzene rings is 2. The van der Waals surface area contributed by atoms with Crippen molar-refractivity contribution in [2.24, 2.45) is 0 Å². The number of aliphatic hydroxyl groups excluding tert-OH is 1. The Balaban J connectivity index is 1.63. The van der Waals surface area contributed by atoms with Crippen LogP contribution in [-0.2, 0) is 9.53 Å². The highest BCUT2D eigenvalue weighted by atomic mass is 35.5. The first kappa shape index (κ1) is 18.8. The van der Waals surface area contributed by atoms with E-state index in [4.69, 9.17) is 16.3 Å². The highest BCUT2D eigenvalue weighted by Crippen LogP contribution is 2.38. The lowest BCUT2D eigenvalue weighted by Crippen LogP contribution is -2.43. The van der Waals surface area contributed by atoms with E-state index in [1.165, 1.54) is 0 Å². The number of carbonyl (C=O) groups excluding carboxylic acids is 2. The minimum absolute atomic E-state index is 0.00624.